The van der Waals surface area contributed by atoms with Gasteiger partial charge in [-0.05, 0) is 58.0 Å². The number of pyridine rings is 1. The zero-order valence-corrected chi connectivity index (χ0v) is 18.7. The number of halogens is 2. The maximum Gasteiger partial charge on any atom is 0.416 e. The first-order chi connectivity index (χ1) is 14.9. The van der Waals surface area contributed by atoms with Crippen LogP contribution in [0.15, 0.2) is 58.6 Å². The highest BCUT2D eigenvalue weighted by molar-refractivity contribution is 7.91. The molecule has 0 N–H and O–H groups in total. The molecule has 0 radical (unpaired) electrons. The molecule has 0 bridgehead atoms. The molecule has 0 saturated carbocycles. The standard InChI is InChI=1S/C21H22F2N4O4S/c1-5-26(20(28)31-21(2,3)4)17-13-18(27(25-17)16-10-7-11-24-19(16)23)32(29,30)15-9-6-8-14(22)12-15/h6-13H,5H2,1-4H3. The summed E-state index contributed by atoms with van der Waals surface area (Å²) in [6, 6.07) is 8.20. The van der Waals surface area contributed by atoms with E-state index in [9.17, 15) is 22.0 Å². The molecule has 3 rings (SSSR count). The monoisotopic (exact) mass is 464 g/mol. The van der Waals surface area contributed by atoms with E-state index in [1.807, 2.05) is 0 Å². The molecule has 32 heavy (non-hydrogen) atoms. The number of aromatic nitrogens is 3. The lowest BCUT2D eigenvalue weighted by Crippen LogP contribution is -2.37. The molecule has 0 aliphatic rings. The fourth-order valence-electron chi connectivity index (χ4n) is 2.84. The van der Waals surface area contributed by atoms with Gasteiger partial charge in [0, 0.05) is 18.8 Å². The van der Waals surface area contributed by atoms with Gasteiger partial charge in [-0.25, -0.2) is 27.3 Å². The molecule has 1 aromatic carbocycles. The van der Waals surface area contributed by atoms with Crippen LogP contribution in [0.25, 0.3) is 5.69 Å². The van der Waals surface area contributed by atoms with Crippen molar-refractivity contribution < 1.29 is 26.7 Å². The Hall–Kier alpha value is -3.34. The van der Waals surface area contributed by atoms with Crippen molar-refractivity contribution >= 4 is 21.7 Å². The summed E-state index contributed by atoms with van der Waals surface area (Å²) in [7, 11) is -4.35. The zero-order chi connectivity index (χ0) is 23.7. The van der Waals surface area contributed by atoms with Gasteiger partial charge in [0.05, 0.1) is 4.90 Å². The number of ether oxygens (including phenoxy) is 1. The lowest BCUT2D eigenvalue weighted by molar-refractivity contribution is 0.0581. The van der Waals surface area contributed by atoms with Crippen LogP contribution in [0.3, 0.4) is 0 Å². The Bertz CT molecular complexity index is 1250. The van der Waals surface area contributed by atoms with Crippen molar-refractivity contribution in [3.63, 3.8) is 0 Å². The molecular weight excluding hydrogens is 442 g/mol. The summed E-state index contributed by atoms with van der Waals surface area (Å²) in [5.74, 6) is -1.81. The number of hydrogen-bond donors (Lipinski definition) is 0. The van der Waals surface area contributed by atoms with E-state index >= 15 is 0 Å². The SMILES string of the molecule is CCN(C(=O)OC(C)(C)C)c1cc(S(=O)(=O)c2cccc(F)c2)n(-c2cccnc2F)n1. The van der Waals surface area contributed by atoms with Crippen LogP contribution in [0, 0.1) is 11.8 Å². The van der Waals surface area contributed by atoms with E-state index in [4.69, 9.17) is 4.74 Å². The molecule has 2 aromatic heterocycles. The fraction of sp³-hybridized carbons (Fsp3) is 0.286. The number of carbonyl (C=O) groups excluding carboxylic acids is 1. The van der Waals surface area contributed by atoms with Gasteiger partial charge in [0.25, 0.3) is 0 Å². The number of benzene rings is 1. The first-order valence-corrected chi connectivity index (χ1v) is 11.1. The van der Waals surface area contributed by atoms with Crippen molar-refractivity contribution in [1.29, 1.82) is 0 Å². The topological polar surface area (TPSA) is 94.4 Å². The van der Waals surface area contributed by atoms with Crippen LogP contribution in [0.5, 0.6) is 0 Å². The minimum absolute atomic E-state index is 0.0834. The predicted octanol–water partition coefficient (Wildman–Crippen LogP) is 4.14. The second-order valence-corrected chi connectivity index (χ2v) is 9.65. The highest BCUT2D eigenvalue weighted by atomic mass is 32.2. The van der Waals surface area contributed by atoms with Crippen molar-refractivity contribution in [3.05, 3.63) is 60.4 Å². The molecular formula is C21H22F2N4O4S. The Balaban J connectivity index is 2.21. The minimum atomic E-state index is -4.35. The number of sulfone groups is 1. The van der Waals surface area contributed by atoms with Crippen molar-refractivity contribution in [2.75, 3.05) is 11.4 Å². The van der Waals surface area contributed by atoms with E-state index in [2.05, 4.69) is 10.1 Å². The van der Waals surface area contributed by atoms with Crippen LogP contribution in [0.4, 0.5) is 19.4 Å². The van der Waals surface area contributed by atoms with Crippen LogP contribution < -0.4 is 4.90 Å². The molecule has 8 nitrogen and oxygen atoms in total. The van der Waals surface area contributed by atoms with E-state index in [1.165, 1.54) is 30.5 Å². The van der Waals surface area contributed by atoms with Gasteiger partial charge in [-0.3, -0.25) is 4.90 Å². The van der Waals surface area contributed by atoms with Crippen molar-refractivity contribution in [2.24, 2.45) is 0 Å². The van der Waals surface area contributed by atoms with E-state index in [0.717, 1.165) is 27.8 Å². The second-order valence-electron chi connectivity index (χ2n) is 7.75. The molecule has 0 spiro atoms. The molecule has 2 heterocycles. The molecule has 3 aromatic rings. The Morgan fingerprint density at radius 3 is 2.47 bits per heavy atom. The number of nitrogens with zero attached hydrogens (tertiary/aromatic N) is 4. The number of amides is 1. The third-order valence-corrected chi connectivity index (χ3v) is 5.94. The van der Waals surface area contributed by atoms with Crippen LogP contribution in [-0.4, -0.2) is 41.4 Å². The fourth-order valence-corrected chi connectivity index (χ4v) is 4.23. The molecule has 0 atom stereocenters. The van der Waals surface area contributed by atoms with Gasteiger partial charge in [-0.15, -0.1) is 5.10 Å². The average molecular weight is 464 g/mol. The Labute approximate surface area is 184 Å². The number of anilines is 1. The van der Waals surface area contributed by atoms with Crippen molar-refractivity contribution in [2.45, 2.75) is 43.2 Å². The van der Waals surface area contributed by atoms with E-state index in [1.54, 1.807) is 27.7 Å². The summed E-state index contributed by atoms with van der Waals surface area (Å²) in [6.07, 6.45) is 0.439. The first-order valence-electron chi connectivity index (χ1n) is 9.66. The van der Waals surface area contributed by atoms with Crippen LogP contribution in [0.2, 0.25) is 0 Å². The Morgan fingerprint density at radius 2 is 1.88 bits per heavy atom. The molecule has 0 aliphatic carbocycles. The molecule has 1 amide bonds. The van der Waals surface area contributed by atoms with Gasteiger partial charge in [0.1, 0.15) is 17.1 Å². The maximum absolute atomic E-state index is 14.5. The molecule has 0 unspecified atom stereocenters. The summed E-state index contributed by atoms with van der Waals surface area (Å²) in [4.78, 5) is 16.9. The van der Waals surface area contributed by atoms with Gasteiger partial charge in [-0.2, -0.15) is 4.39 Å². The largest absolute Gasteiger partial charge is 0.443 e. The Morgan fingerprint density at radius 1 is 1.16 bits per heavy atom. The molecule has 0 saturated heterocycles. The lowest BCUT2D eigenvalue weighted by atomic mass is 10.2. The molecule has 0 fully saturated rings. The normalized spacial score (nSPS) is 11.9. The van der Waals surface area contributed by atoms with Gasteiger partial charge < -0.3 is 4.74 Å². The van der Waals surface area contributed by atoms with E-state index in [-0.39, 0.29) is 22.9 Å². The summed E-state index contributed by atoms with van der Waals surface area (Å²) in [5, 5.41) is 3.70. The minimum Gasteiger partial charge on any atom is -0.443 e. The summed E-state index contributed by atoms with van der Waals surface area (Å²) in [6.45, 7) is 6.79. The summed E-state index contributed by atoms with van der Waals surface area (Å²) >= 11 is 0. The third-order valence-electron chi connectivity index (χ3n) is 4.22. The quantitative estimate of drug-likeness (QED) is 0.527. The molecule has 11 heteroatoms. The summed E-state index contributed by atoms with van der Waals surface area (Å²) in [5.41, 5.74) is -1.06. The van der Waals surface area contributed by atoms with Gasteiger partial charge >= 0.3 is 6.09 Å². The predicted molar refractivity (Wildman–Crippen MR) is 112 cm³/mol. The van der Waals surface area contributed by atoms with Gasteiger partial charge in [-0.1, -0.05) is 6.07 Å². The number of rotatable bonds is 5. The highest BCUT2D eigenvalue weighted by Crippen LogP contribution is 2.29. The highest BCUT2D eigenvalue weighted by Gasteiger charge is 2.31. The van der Waals surface area contributed by atoms with Gasteiger partial charge in [0.2, 0.25) is 15.8 Å². The van der Waals surface area contributed by atoms with Crippen LogP contribution in [0.1, 0.15) is 27.7 Å². The lowest BCUT2D eigenvalue weighted by Gasteiger charge is -2.25. The first kappa shape index (κ1) is 23.3. The number of carbonyl (C=O) groups is 1. The maximum atomic E-state index is 14.5. The van der Waals surface area contributed by atoms with Crippen LogP contribution >= 0.6 is 0 Å². The van der Waals surface area contributed by atoms with Crippen molar-refractivity contribution in [3.8, 4) is 5.69 Å². The average Bonchev–Trinajstić information content (AvgIpc) is 3.13. The summed E-state index contributed by atoms with van der Waals surface area (Å²) < 4.78 is 61.0. The zero-order valence-electron chi connectivity index (χ0n) is 17.9. The van der Waals surface area contributed by atoms with Gasteiger partial charge in [0.15, 0.2) is 10.8 Å². The molecule has 170 valence electrons. The van der Waals surface area contributed by atoms with E-state index in [0.29, 0.717) is 0 Å². The second kappa shape index (κ2) is 8.65. The smallest absolute Gasteiger partial charge is 0.416 e. The Kier molecular flexibility index (Phi) is 6.31. The van der Waals surface area contributed by atoms with Crippen LogP contribution in [-0.2, 0) is 14.6 Å². The third kappa shape index (κ3) is 4.77. The number of hydrogen-bond acceptors (Lipinski definition) is 6. The van der Waals surface area contributed by atoms with E-state index < -0.39 is 38.3 Å². The van der Waals surface area contributed by atoms with Crippen molar-refractivity contribution in [1.82, 2.24) is 14.8 Å². The molecule has 0 aliphatic heterocycles.